The van der Waals surface area contributed by atoms with Crippen molar-refractivity contribution < 1.29 is 31.1 Å². The summed E-state index contributed by atoms with van der Waals surface area (Å²) in [5, 5.41) is 1.30. The minimum absolute atomic E-state index is 0.0322. The number of hydrogen-bond acceptors (Lipinski definition) is 1. The Morgan fingerprint density at radius 3 is 2.22 bits per heavy atom. The van der Waals surface area contributed by atoms with E-state index < -0.39 is 29.5 Å². The normalized spacial score (nSPS) is 12.4. The van der Waals surface area contributed by atoms with E-state index in [-0.39, 0.29) is 4.47 Å². The number of amides is 1. The van der Waals surface area contributed by atoms with Gasteiger partial charge >= 0.3 is 18.0 Å². The summed E-state index contributed by atoms with van der Waals surface area (Å²) >= 11 is 2.77. The fourth-order valence-corrected chi connectivity index (χ4v) is 1.27. The number of benzene rings is 1. The first kappa shape index (κ1) is 14.8. The molecular weight excluding hydrogens is 332 g/mol. The molecule has 0 unspecified atom stereocenters. The first-order chi connectivity index (χ1) is 8.05. The highest BCUT2D eigenvalue weighted by Gasteiger charge is 2.63. The number of hydrogen-bond donors (Lipinski definition) is 1. The Hall–Kier alpha value is -1.25. The number of anilines is 1. The molecule has 0 saturated heterocycles. The molecule has 1 amide bonds. The van der Waals surface area contributed by atoms with Gasteiger partial charge in [-0.2, -0.15) is 22.0 Å². The van der Waals surface area contributed by atoms with Crippen LogP contribution in [0.2, 0.25) is 0 Å². The van der Waals surface area contributed by atoms with Gasteiger partial charge in [0, 0.05) is 4.47 Å². The van der Waals surface area contributed by atoms with Gasteiger partial charge in [-0.05, 0) is 34.1 Å². The second-order valence-electron chi connectivity index (χ2n) is 3.15. The summed E-state index contributed by atoms with van der Waals surface area (Å²) in [6.45, 7) is 0. The van der Waals surface area contributed by atoms with E-state index in [4.69, 9.17) is 0 Å². The molecule has 1 aromatic carbocycles. The van der Waals surface area contributed by atoms with Crippen LogP contribution in [-0.4, -0.2) is 18.0 Å². The monoisotopic (exact) mass is 335 g/mol. The minimum Gasteiger partial charge on any atom is -0.319 e. The van der Waals surface area contributed by atoms with Crippen LogP contribution in [0.4, 0.5) is 32.0 Å². The van der Waals surface area contributed by atoms with Crippen LogP contribution in [0.15, 0.2) is 22.7 Å². The van der Waals surface area contributed by atoms with Crippen LogP contribution in [0.5, 0.6) is 0 Å². The molecule has 0 aliphatic rings. The second-order valence-corrected chi connectivity index (χ2v) is 4.00. The highest BCUT2D eigenvalue weighted by molar-refractivity contribution is 9.10. The molecule has 0 bridgehead atoms. The summed E-state index contributed by atoms with van der Waals surface area (Å²) in [4.78, 5) is 10.8. The van der Waals surface area contributed by atoms with E-state index in [1.165, 1.54) is 5.32 Å². The van der Waals surface area contributed by atoms with E-state index in [9.17, 15) is 31.1 Å². The molecule has 18 heavy (non-hydrogen) atoms. The third kappa shape index (κ3) is 2.95. The summed E-state index contributed by atoms with van der Waals surface area (Å²) in [7, 11) is 0. The van der Waals surface area contributed by atoms with E-state index in [0.29, 0.717) is 6.07 Å². The number of carbonyl (C=O) groups excluding carboxylic acids is 1. The first-order valence-electron chi connectivity index (χ1n) is 4.27. The lowest BCUT2D eigenvalue weighted by molar-refractivity contribution is -0.267. The average molecular weight is 336 g/mol. The van der Waals surface area contributed by atoms with Gasteiger partial charge in [-0.1, -0.05) is 0 Å². The fourth-order valence-electron chi connectivity index (χ4n) is 0.923. The SMILES string of the molecule is O=C(Nc1cc(F)ccc1Br)C(F)(F)C(F)(F)F. The van der Waals surface area contributed by atoms with Crippen LogP contribution >= 0.6 is 15.9 Å². The fraction of sp³-hybridized carbons (Fsp3) is 0.222. The summed E-state index contributed by atoms with van der Waals surface area (Å²) < 4.78 is 73.5. The molecule has 100 valence electrons. The van der Waals surface area contributed by atoms with Crippen LogP contribution in [0.3, 0.4) is 0 Å². The first-order valence-corrected chi connectivity index (χ1v) is 5.06. The maximum atomic E-state index is 12.7. The largest absolute Gasteiger partial charge is 0.463 e. The van der Waals surface area contributed by atoms with Crippen LogP contribution in [0.25, 0.3) is 0 Å². The number of halogens is 7. The van der Waals surface area contributed by atoms with Crippen molar-refractivity contribution in [2.75, 3.05) is 5.32 Å². The Morgan fingerprint density at radius 1 is 1.17 bits per heavy atom. The van der Waals surface area contributed by atoms with Crippen molar-refractivity contribution in [2.24, 2.45) is 0 Å². The molecule has 0 saturated carbocycles. The molecule has 1 N–H and O–H groups in total. The Labute approximate surface area is 105 Å². The van der Waals surface area contributed by atoms with Crippen molar-refractivity contribution >= 4 is 27.5 Å². The van der Waals surface area contributed by atoms with Crippen molar-refractivity contribution in [2.45, 2.75) is 12.1 Å². The summed E-state index contributed by atoms with van der Waals surface area (Å²) in [5.74, 6) is -9.04. The van der Waals surface area contributed by atoms with E-state index in [1.54, 1.807) is 0 Å². The van der Waals surface area contributed by atoms with E-state index in [0.717, 1.165) is 12.1 Å². The lowest BCUT2D eigenvalue weighted by atomic mass is 10.2. The van der Waals surface area contributed by atoms with Crippen molar-refractivity contribution in [3.8, 4) is 0 Å². The lowest BCUT2D eigenvalue weighted by Crippen LogP contribution is -2.47. The smallest absolute Gasteiger partial charge is 0.319 e. The number of carbonyl (C=O) groups is 1. The molecule has 0 fully saturated rings. The molecular formula is C9H4BrF6NO. The van der Waals surface area contributed by atoms with E-state index in [2.05, 4.69) is 15.9 Å². The van der Waals surface area contributed by atoms with Gasteiger partial charge < -0.3 is 5.32 Å². The molecule has 0 radical (unpaired) electrons. The molecule has 1 rings (SSSR count). The summed E-state index contributed by atoms with van der Waals surface area (Å²) in [6.07, 6.45) is -6.02. The van der Waals surface area contributed by atoms with Gasteiger partial charge in [0.15, 0.2) is 0 Å². The van der Waals surface area contributed by atoms with Crippen molar-refractivity contribution in [1.29, 1.82) is 0 Å². The number of rotatable bonds is 2. The van der Waals surface area contributed by atoms with Gasteiger partial charge in [0.05, 0.1) is 5.69 Å². The summed E-state index contributed by atoms with van der Waals surface area (Å²) in [5.41, 5.74) is -0.524. The van der Waals surface area contributed by atoms with E-state index in [1.807, 2.05) is 0 Å². The second kappa shape index (κ2) is 4.79. The quantitative estimate of drug-likeness (QED) is 0.820. The zero-order chi connectivity index (χ0) is 14.1. The third-order valence-electron chi connectivity index (χ3n) is 1.82. The Balaban J connectivity index is 2.98. The molecule has 0 atom stereocenters. The van der Waals surface area contributed by atoms with Gasteiger partial charge in [0.1, 0.15) is 5.82 Å². The minimum atomic E-state index is -6.02. The molecule has 0 aromatic heterocycles. The van der Waals surface area contributed by atoms with Gasteiger partial charge in [0.2, 0.25) is 0 Å². The van der Waals surface area contributed by atoms with Crippen molar-refractivity contribution in [1.82, 2.24) is 0 Å². The molecule has 0 aliphatic carbocycles. The van der Waals surface area contributed by atoms with Crippen LogP contribution in [-0.2, 0) is 4.79 Å². The number of nitrogens with one attached hydrogen (secondary N) is 1. The van der Waals surface area contributed by atoms with Gasteiger partial charge in [-0.3, -0.25) is 4.79 Å². The molecule has 0 heterocycles. The highest BCUT2D eigenvalue weighted by Crippen LogP contribution is 2.36. The molecule has 9 heteroatoms. The number of alkyl halides is 5. The molecule has 2 nitrogen and oxygen atoms in total. The predicted molar refractivity (Wildman–Crippen MR) is 53.7 cm³/mol. The zero-order valence-electron chi connectivity index (χ0n) is 8.29. The zero-order valence-corrected chi connectivity index (χ0v) is 9.87. The predicted octanol–water partition coefficient (Wildman–Crippen LogP) is 3.72. The summed E-state index contributed by atoms with van der Waals surface area (Å²) in [6, 6.07) is 2.59. The third-order valence-corrected chi connectivity index (χ3v) is 2.51. The lowest BCUT2D eigenvalue weighted by Gasteiger charge is -2.19. The van der Waals surface area contributed by atoms with Crippen molar-refractivity contribution in [3.63, 3.8) is 0 Å². The highest BCUT2D eigenvalue weighted by atomic mass is 79.9. The maximum absolute atomic E-state index is 12.7. The topological polar surface area (TPSA) is 29.1 Å². The average Bonchev–Trinajstić information content (AvgIpc) is 2.21. The van der Waals surface area contributed by atoms with E-state index >= 15 is 0 Å². The Bertz CT molecular complexity index is 473. The standard InChI is InChI=1S/C9H4BrF6NO/c10-5-2-1-4(11)3-6(5)17-7(18)8(12,13)9(14,15)16/h1-3H,(H,17,18). The maximum Gasteiger partial charge on any atom is 0.463 e. The Morgan fingerprint density at radius 2 is 1.72 bits per heavy atom. The molecule has 1 aromatic rings. The van der Waals surface area contributed by atoms with Crippen LogP contribution in [0.1, 0.15) is 0 Å². The van der Waals surface area contributed by atoms with Crippen molar-refractivity contribution in [3.05, 3.63) is 28.5 Å². The Kier molecular flexibility index (Phi) is 3.94. The van der Waals surface area contributed by atoms with Gasteiger partial charge in [-0.25, -0.2) is 4.39 Å². The molecule has 0 spiro atoms. The van der Waals surface area contributed by atoms with Gasteiger partial charge in [-0.15, -0.1) is 0 Å². The van der Waals surface area contributed by atoms with Gasteiger partial charge in [0.25, 0.3) is 0 Å². The van der Waals surface area contributed by atoms with Crippen LogP contribution in [0, 0.1) is 5.82 Å². The molecule has 0 aliphatic heterocycles. The van der Waals surface area contributed by atoms with Crippen LogP contribution < -0.4 is 5.32 Å².